The van der Waals surface area contributed by atoms with Gasteiger partial charge in [0.05, 0.1) is 25.6 Å². The molecule has 0 aliphatic rings. The molecule has 0 saturated heterocycles. The minimum atomic E-state index is -5.08. The van der Waals surface area contributed by atoms with Gasteiger partial charge in [-0.3, -0.25) is 24.0 Å². The Kier molecular flexibility index (Phi) is 12.7. The maximum atomic E-state index is 13.0. The topological polar surface area (TPSA) is 180 Å². The van der Waals surface area contributed by atoms with E-state index in [9.17, 15) is 42.3 Å². The Labute approximate surface area is 234 Å². The monoisotopic (exact) mass is 579 g/mol. The largest absolute Gasteiger partial charge is 0.416 e. The fraction of sp³-hybridized carbons (Fsp3) is 0.370. The average Bonchev–Trinajstić information content (AvgIpc) is 2.92. The van der Waals surface area contributed by atoms with Crippen LogP contribution in [0.2, 0.25) is 0 Å². The summed E-state index contributed by atoms with van der Waals surface area (Å²) in [5.41, 5.74) is 6.36. The van der Waals surface area contributed by atoms with E-state index >= 15 is 0 Å². The molecule has 41 heavy (non-hydrogen) atoms. The summed E-state index contributed by atoms with van der Waals surface area (Å²) in [7, 11) is 0. The van der Waals surface area contributed by atoms with Crippen LogP contribution in [0.5, 0.6) is 0 Å². The molecule has 3 atom stereocenters. The molecule has 0 fully saturated rings. The summed E-state index contributed by atoms with van der Waals surface area (Å²) in [6.45, 7) is -1.22. The van der Waals surface area contributed by atoms with E-state index in [-0.39, 0.29) is 12.8 Å². The van der Waals surface area contributed by atoms with E-state index in [2.05, 4.69) is 16.0 Å². The second kappa shape index (κ2) is 16.0. The molecule has 5 amide bonds. The Morgan fingerprint density at radius 2 is 1.32 bits per heavy atom. The van der Waals surface area contributed by atoms with Gasteiger partial charge in [-0.1, -0.05) is 60.7 Å². The summed E-state index contributed by atoms with van der Waals surface area (Å²) in [4.78, 5) is 60.9. The van der Waals surface area contributed by atoms with E-state index in [1.165, 1.54) is 0 Å². The summed E-state index contributed by atoms with van der Waals surface area (Å²) in [6, 6.07) is 14.3. The zero-order valence-corrected chi connectivity index (χ0v) is 21.9. The van der Waals surface area contributed by atoms with E-state index in [1.807, 2.05) is 5.32 Å². The average molecular weight is 580 g/mol. The number of carbonyl (C=O) groups is 5. The molecule has 2 aromatic rings. The quantitative estimate of drug-likeness (QED) is 0.171. The van der Waals surface area contributed by atoms with Crippen LogP contribution in [0.15, 0.2) is 60.7 Å². The summed E-state index contributed by atoms with van der Waals surface area (Å²) in [5.74, 6) is -3.93. The van der Waals surface area contributed by atoms with E-state index in [4.69, 9.17) is 5.73 Å². The van der Waals surface area contributed by atoms with Gasteiger partial charge in [-0.05, 0) is 17.5 Å². The second-order valence-electron chi connectivity index (χ2n) is 9.13. The minimum Gasteiger partial charge on any atom is -0.382 e. The first kappa shape index (κ1) is 32.8. The third-order valence-electron chi connectivity index (χ3n) is 5.78. The molecule has 0 spiro atoms. The lowest BCUT2D eigenvalue weighted by molar-refractivity contribution is -0.212. The summed E-state index contributed by atoms with van der Waals surface area (Å²) in [6.07, 6.45) is -9.12. The standard InChI is InChI=1S/C27H32F3N5O6/c28-27(29,30)25(40)19(11-12-21(31)36)34-24(39)16-33-26(41)20(13-17-7-3-1-4-8-17)35-23(38)15-32-22(37)14-18-9-5-2-6-10-18/h1-10,19-20,25,40H,11-16H2,(H2,31,36)(H,32,37)(H,33,41)(H,34,39)(H,35,38)/t19?,20-,25?/m0/s1. The van der Waals surface area contributed by atoms with Gasteiger partial charge in [0.1, 0.15) is 6.04 Å². The SMILES string of the molecule is NC(=O)CCC(NC(=O)CNC(=O)[C@H](Cc1ccccc1)NC(=O)CNC(=O)Cc1ccccc1)C(O)C(F)(F)F. The van der Waals surface area contributed by atoms with Crippen molar-refractivity contribution in [2.45, 2.75) is 50.0 Å². The summed E-state index contributed by atoms with van der Waals surface area (Å²) >= 11 is 0. The smallest absolute Gasteiger partial charge is 0.382 e. The molecule has 0 aliphatic carbocycles. The van der Waals surface area contributed by atoms with Gasteiger partial charge in [-0.2, -0.15) is 13.2 Å². The number of primary amides is 1. The number of nitrogens with two attached hydrogens (primary N) is 1. The van der Waals surface area contributed by atoms with E-state index in [1.54, 1.807) is 60.7 Å². The molecule has 0 radical (unpaired) electrons. The van der Waals surface area contributed by atoms with Gasteiger partial charge in [0.2, 0.25) is 29.5 Å². The molecule has 0 aliphatic heterocycles. The minimum absolute atomic E-state index is 0.00597. The van der Waals surface area contributed by atoms with Crippen LogP contribution >= 0.6 is 0 Å². The third-order valence-corrected chi connectivity index (χ3v) is 5.78. The van der Waals surface area contributed by atoms with Crippen molar-refractivity contribution in [1.29, 1.82) is 0 Å². The van der Waals surface area contributed by atoms with Crippen molar-refractivity contribution in [2.75, 3.05) is 13.1 Å². The number of rotatable bonds is 15. The lowest BCUT2D eigenvalue weighted by atomic mass is 10.0. The molecule has 0 aromatic heterocycles. The van der Waals surface area contributed by atoms with Gasteiger partial charge in [0, 0.05) is 12.8 Å². The zero-order chi connectivity index (χ0) is 30.4. The van der Waals surface area contributed by atoms with Gasteiger partial charge in [0.15, 0.2) is 6.10 Å². The first-order valence-corrected chi connectivity index (χ1v) is 12.6. The second-order valence-corrected chi connectivity index (χ2v) is 9.13. The number of benzene rings is 2. The number of alkyl halides is 3. The molecule has 0 bridgehead atoms. The maximum Gasteiger partial charge on any atom is 0.416 e. The molecule has 2 rings (SSSR count). The predicted molar refractivity (Wildman–Crippen MR) is 141 cm³/mol. The molecule has 7 N–H and O–H groups in total. The number of halogens is 3. The highest BCUT2D eigenvalue weighted by molar-refractivity contribution is 5.92. The van der Waals surface area contributed by atoms with Gasteiger partial charge < -0.3 is 32.1 Å². The first-order valence-electron chi connectivity index (χ1n) is 12.6. The van der Waals surface area contributed by atoms with E-state index in [0.29, 0.717) is 5.56 Å². The van der Waals surface area contributed by atoms with E-state index in [0.717, 1.165) is 5.56 Å². The Hall–Kier alpha value is -4.46. The van der Waals surface area contributed by atoms with Crippen molar-refractivity contribution < 1.29 is 42.3 Å². The lowest BCUT2D eigenvalue weighted by Crippen LogP contribution is -2.54. The zero-order valence-electron chi connectivity index (χ0n) is 21.9. The van der Waals surface area contributed by atoms with Gasteiger partial charge in [-0.15, -0.1) is 0 Å². The highest BCUT2D eigenvalue weighted by Gasteiger charge is 2.44. The van der Waals surface area contributed by atoms with Crippen LogP contribution in [-0.4, -0.2) is 72.1 Å². The first-order chi connectivity index (χ1) is 19.3. The van der Waals surface area contributed by atoms with Gasteiger partial charge >= 0.3 is 6.18 Å². The number of nitrogens with one attached hydrogen (secondary N) is 4. The fourth-order valence-electron chi connectivity index (χ4n) is 3.71. The molecular weight excluding hydrogens is 547 g/mol. The van der Waals surface area contributed by atoms with Crippen molar-refractivity contribution in [3.8, 4) is 0 Å². The number of carbonyl (C=O) groups excluding carboxylic acids is 5. The highest BCUT2D eigenvalue weighted by atomic mass is 19.4. The molecule has 0 heterocycles. The van der Waals surface area contributed by atoms with Crippen LogP contribution in [0.1, 0.15) is 24.0 Å². The Morgan fingerprint density at radius 1 is 0.780 bits per heavy atom. The normalized spacial score (nSPS) is 13.3. The summed E-state index contributed by atoms with van der Waals surface area (Å²) in [5, 5.41) is 18.7. The predicted octanol–water partition coefficient (Wildman–Crippen LogP) is -0.137. The third kappa shape index (κ3) is 12.5. The van der Waals surface area contributed by atoms with E-state index < -0.39 is 79.8 Å². The lowest BCUT2D eigenvalue weighted by Gasteiger charge is -2.26. The number of amides is 5. The van der Waals surface area contributed by atoms with Crippen molar-refractivity contribution in [3.05, 3.63) is 71.8 Å². The fourth-order valence-corrected chi connectivity index (χ4v) is 3.71. The maximum absolute atomic E-state index is 13.0. The molecular formula is C27H32F3N5O6. The van der Waals surface area contributed by atoms with Crippen molar-refractivity contribution in [2.24, 2.45) is 5.73 Å². The van der Waals surface area contributed by atoms with Crippen molar-refractivity contribution >= 4 is 29.5 Å². The van der Waals surface area contributed by atoms with Crippen LogP contribution in [0.4, 0.5) is 13.2 Å². The molecule has 11 nitrogen and oxygen atoms in total. The number of aliphatic hydroxyl groups is 1. The summed E-state index contributed by atoms with van der Waals surface area (Å²) < 4.78 is 39.0. The van der Waals surface area contributed by atoms with Crippen LogP contribution in [0.25, 0.3) is 0 Å². The van der Waals surface area contributed by atoms with Crippen LogP contribution in [0, 0.1) is 0 Å². The molecule has 2 aromatic carbocycles. The molecule has 2 unspecified atom stereocenters. The van der Waals surface area contributed by atoms with Crippen LogP contribution < -0.4 is 27.0 Å². The Morgan fingerprint density at radius 3 is 1.88 bits per heavy atom. The van der Waals surface area contributed by atoms with Crippen LogP contribution in [0.3, 0.4) is 0 Å². The number of hydrogen-bond donors (Lipinski definition) is 6. The van der Waals surface area contributed by atoms with Crippen molar-refractivity contribution in [1.82, 2.24) is 21.3 Å². The molecule has 14 heteroatoms. The van der Waals surface area contributed by atoms with Crippen LogP contribution in [-0.2, 0) is 36.8 Å². The number of hydrogen-bond acceptors (Lipinski definition) is 6. The van der Waals surface area contributed by atoms with Gasteiger partial charge in [-0.25, -0.2) is 0 Å². The Balaban J connectivity index is 1.98. The highest BCUT2D eigenvalue weighted by Crippen LogP contribution is 2.24. The van der Waals surface area contributed by atoms with Gasteiger partial charge in [0.25, 0.3) is 0 Å². The molecule has 222 valence electrons. The van der Waals surface area contributed by atoms with Crippen molar-refractivity contribution in [3.63, 3.8) is 0 Å². The number of aliphatic hydroxyl groups excluding tert-OH is 1. The Bertz CT molecular complexity index is 1180. The molecule has 0 saturated carbocycles.